The van der Waals surface area contributed by atoms with Crippen LogP contribution in [0.1, 0.15) is 24.0 Å². The number of phenolic OH excluding ortho intramolecular Hbond substituents is 1. The van der Waals surface area contributed by atoms with Gasteiger partial charge >= 0.3 is 0 Å². The van der Waals surface area contributed by atoms with Gasteiger partial charge in [0, 0.05) is 17.0 Å². The lowest BCUT2D eigenvalue weighted by Gasteiger charge is -2.50. The second kappa shape index (κ2) is 3.48. The van der Waals surface area contributed by atoms with E-state index >= 15 is 0 Å². The number of aromatic hydroxyl groups is 1. The zero-order valence-electron chi connectivity index (χ0n) is 10.3. The molecular weight excluding hydrogens is 222 g/mol. The fraction of sp³-hybridized carbons (Fsp3) is 0.375. The molecule has 2 N–H and O–H groups in total. The predicted molar refractivity (Wildman–Crippen MR) is 71.7 cm³/mol. The molecule has 2 nitrogen and oxygen atoms in total. The Hall–Kier alpha value is -1.54. The molecule has 1 aliphatic heterocycles. The molecule has 0 unspecified atom stereocenters. The number of piperidine rings is 1. The highest BCUT2D eigenvalue weighted by Gasteiger charge is 2.47. The lowest BCUT2D eigenvalue weighted by molar-refractivity contribution is 0.308. The average Bonchev–Trinajstić information content (AvgIpc) is 2.38. The second-order valence-electron chi connectivity index (χ2n) is 5.61. The monoisotopic (exact) mass is 239 g/mol. The average molecular weight is 239 g/mol. The van der Waals surface area contributed by atoms with E-state index in [1.807, 2.05) is 12.1 Å². The Bertz CT molecular complexity index is 572. The number of rotatable bonds is 0. The normalized spacial score (nSPS) is 32.4. The summed E-state index contributed by atoms with van der Waals surface area (Å²) >= 11 is 0. The molecule has 4 rings (SSSR count). The zero-order valence-corrected chi connectivity index (χ0v) is 10.3. The van der Waals surface area contributed by atoms with Gasteiger partial charge in [0.15, 0.2) is 0 Å². The molecular formula is C16H17NO. The molecule has 0 spiro atoms. The molecule has 3 aliphatic rings. The summed E-state index contributed by atoms with van der Waals surface area (Å²) in [6.45, 7) is 1.05. The fourth-order valence-electron chi connectivity index (χ4n) is 4.07. The smallest absolute Gasteiger partial charge is 0.119 e. The molecule has 0 saturated carbocycles. The maximum absolute atomic E-state index is 10.3. The van der Waals surface area contributed by atoms with E-state index in [4.69, 9.17) is 0 Å². The highest BCUT2D eigenvalue weighted by molar-refractivity contribution is 5.57. The van der Waals surface area contributed by atoms with E-state index in [-0.39, 0.29) is 5.41 Å². The molecule has 0 aromatic heterocycles. The van der Waals surface area contributed by atoms with Crippen LogP contribution in [0.15, 0.2) is 42.0 Å². The lowest BCUT2D eigenvalue weighted by Crippen LogP contribution is -2.53. The SMILES string of the molecule is Oc1cccc2c1[C@@]13CC=CC=C1[C@@H](C2)NCC3. The minimum Gasteiger partial charge on any atom is -0.508 e. The number of hydrogen-bond donors (Lipinski definition) is 2. The summed E-state index contributed by atoms with van der Waals surface area (Å²) < 4.78 is 0. The number of benzene rings is 1. The Kier molecular flexibility index (Phi) is 2.01. The van der Waals surface area contributed by atoms with Crippen LogP contribution < -0.4 is 5.32 Å². The third kappa shape index (κ3) is 1.16. The maximum Gasteiger partial charge on any atom is 0.119 e. The first kappa shape index (κ1) is 10.4. The van der Waals surface area contributed by atoms with Gasteiger partial charge in [0.2, 0.25) is 0 Å². The van der Waals surface area contributed by atoms with E-state index in [1.54, 1.807) is 0 Å². The Morgan fingerprint density at radius 3 is 3.22 bits per heavy atom. The summed E-state index contributed by atoms with van der Waals surface area (Å²) in [5, 5.41) is 14.0. The minimum absolute atomic E-state index is 0.0591. The van der Waals surface area contributed by atoms with Crippen molar-refractivity contribution in [1.29, 1.82) is 0 Å². The quantitative estimate of drug-likeness (QED) is 0.729. The molecule has 1 aromatic rings. The van der Waals surface area contributed by atoms with Crippen LogP contribution in [0.3, 0.4) is 0 Å². The molecule has 1 fully saturated rings. The molecule has 92 valence electrons. The summed E-state index contributed by atoms with van der Waals surface area (Å²) in [6.07, 6.45) is 9.79. The van der Waals surface area contributed by atoms with Gasteiger partial charge in [0.05, 0.1) is 0 Å². The molecule has 1 heterocycles. The second-order valence-corrected chi connectivity index (χ2v) is 5.61. The van der Waals surface area contributed by atoms with Crippen molar-refractivity contribution in [3.05, 3.63) is 53.1 Å². The Labute approximate surface area is 107 Å². The predicted octanol–water partition coefficient (Wildman–Crippen LogP) is 2.43. The molecule has 2 bridgehead atoms. The van der Waals surface area contributed by atoms with Crippen LogP contribution in [-0.4, -0.2) is 17.7 Å². The number of allylic oxidation sites excluding steroid dienone is 3. The summed E-state index contributed by atoms with van der Waals surface area (Å²) in [5.41, 5.74) is 4.05. The summed E-state index contributed by atoms with van der Waals surface area (Å²) in [6, 6.07) is 6.43. The van der Waals surface area contributed by atoms with Crippen molar-refractivity contribution in [2.75, 3.05) is 6.54 Å². The Balaban J connectivity index is 2.02. The molecule has 0 radical (unpaired) electrons. The van der Waals surface area contributed by atoms with E-state index < -0.39 is 0 Å². The van der Waals surface area contributed by atoms with Crippen LogP contribution in [0.2, 0.25) is 0 Å². The van der Waals surface area contributed by atoms with Crippen molar-refractivity contribution in [3.8, 4) is 5.75 Å². The van der Waals surface area contributed by atoms with E-state index in [0.29, 0.717) is 11.8 Å². The van der Waals surface area contributed by atoms with Gasteiger partial charge in [-0.15, -0.1) is 0 Å². The summed E-state index contributed by atoms with van der Waals surface area (Å²) in [5.74, 6) is 0.481. The molecule has 18 heavy (non-hydrogen) atoms. The van der Waals surface area contributed by atoms with Crippen LogP contribution in [-0.2, 0) is 11.8 Å². The summed E-state index contributed by atoms with van der Waals surface area (Å²) in [4.78, 5) is 0. The third-order valence-electron chi connectivity index (χ3n) is 4.78. The van der Waals surface area contributed by atoms with Gasteiger partial charge in [-0.3, -0.25) is 0 Å². The van der Waals surface area contributed by atoms with Crippen molar-refractivity contribution in [2.24, 2.45) is 0 Å². The Morgan fingerprint density at radius 1 is 1.33 bits per heavy atom. The van der Waals surface area contributed by atoms with E-state index in [2.05, 4.69) is 29.6 Å². The first-order valence-electron chi connectivity index (χ1n) is 6.73. The van der Waals surface area contributed by atoms with Crippen molar-refractivity contribution >= 4 is 0 Å². The molecule has 2 aliphatic carbocycles. The highest BCUT2D eigenvalue weighted by atomic mass is 16.3. The number of fused-ring (bicyclic) bond motifs is 1. The van der Waals surface area contributed by atoms with Crippen LogP contribution in [0, 0.1) is 0 Å². The van der Waals surface area contributed by atoms with E-state index in [1.165, 1.54) is 16.7 Å². The summed E-state index contributed by atoms with van der Waals surface area (Å²) in [7, 11) is 0. The fourth-order valence-corrected chi connectivity index (χ4v) is 4.07. The van der Waals surface area contributed by atoms with Crippen molar-refractivity contribution in [2.45, 2.75) is 30.7 Å². The van der Waals surface area contributed by atoms with Crippen LogP contribution in [0.4, 0.5) is 0 Å². The van der Waals surface area contributed by atoms with Gasteiger partial charge in [0.25, 0.3) is 0 Å². The maximum atomic E-state index is 10.3. The third-order valence-corrected chi connectivity index (χ3v) is 4.78. The number of nitrogens with one attached hydrogen (secondary N) is 1. The van der Waals surface area contributed by atoms with E-state index in [9.17, 15) is 5.11 Å². The van der Waals surface area contributed by atoms with Crippen LogP contribution in [0.5, 0.6) is 5.75 Å². The van der Waals surface area contributed by atoms with Gasteiger partial charge in [-0.25, -0.2) is 0 Å². The van der Waals surface area contributed by atoms with Crippen molar-refractivity contribution in [3.63, 3.8) is 0 Å². The first-order chi connectivity index (χ1) is 8.81. The van der Waals surface area contributed by atoms with Gasteiger partial charge in [0.1, 0.15) is 5.75 Å². The topological polar surface area (TPSA) is 32.3 Å². The molecule has 2 atom stereocenters. The number of hydrogen-bond acceptors (Lipinski definition) is 2. The molecule has 0 amide bonds. The first-order valence-corrected chi connectivity index (χ1v) is 6.73. The van der Waals surface area contributed by atoms with Gasteiger partial charge in [-0.1, -0.05) is 30.4 Å². The van der Waals surface area contributed by atoms with Crippen molar-refractivity contribution in [1.82, 2.24) is 5.32 Å². The molecule has 2 heteroatoms. The molecule has 1 saturated heterocycles. The van der Waals surface area contributed by atoms with Gasteiger partial charge < -0.3 is 10.4 Å². The highest BCUT2D eigenvalue weighted by Crippen LogP contribution is 2.52. The largest absolute Gasteiger partial charge is 0.508 e. The lowest BCUT2D eigenvalue weighted by atomic mass is 9.58. The number of phenols is 1. The Morgan fingerprint density at radius 2 is 2.28 bits per heavy atom. The van der Waals surface area contributed by atoms with Gasteiger partial charge in [-0.05, 0) is 43.0 Å². The van der Waals surface area contributed by atoms with E-state index in [0.717, 1.165) is 25.8 Å². The van der Waals surface area contributed by atoms with Crippen LogP contribution >= 0.6 is 0 Å². The standard InChI is InChI=1S/C16H17NO/c18-14-6-3-4-11-10-13-12-5-1-2-7-16(12,15(11)14)8-9-17-13/h1-6,13,17-18H,7-10H2/t13-,16-/m1/s1. The van der Waals surface area contributed by atoms with Gasteiger partial charge in [-0.2, -0.15) is 0 Å². The minimum atomic E-state index is 0.0591. The van der Waals surface area contributed by atoms with Crippen LogP contribution in [0.25, 0.3) is 0 Å². The van der Waals surface area contributed by atoms with Crippen molar-refractivity contribution < 1.29 is 5.11 Å². The molecule has 1 aromatic carbocycles. The zero-order chi connectivity index (χ0) is 12.2.